The van der Waals surface area contributed by atoms with Gasteiger partial charge in [0.1, 0.15) is 12.0 Å². The topological polar surface area (TPSA) is 84.7 Å². The molecule has 20 heavy (non-hydrogen) atoms. The predicted molar refractivity (Wildman–Crippen MR) is 70.5 cm³/mol. The molecule has 3 heterocycles. The van der Waals surface area contributed by atoms with E-state index in [0.29, 0.717) is 25.2 Å². The Hall–Kier alpha value is -1.73. The summed E-state index contributed by atoms with van der Waals surface area (Å²) in [7, 11) is 0. The van der Waals surface area contributed by atoms with Crippen molar-refractivity contribution >= 4 is 11.7 Å². The summed E-state index contributed by atoms with van der Waals surface area (Å²) >= 11 is 0. The number of nitrogens with zero attached hydrogens (tertiary/aromatic N) is 3. The third kappa shape index (κ3) is 2.12. The van der Waals surface area contributed by atoms with E-state index in [1.807, 2.05) is 0 Å². The molecule has 0 saturated carbocycles. The Balaban J connectivity index is 1.92. The van der Waals surface area contributed by atoms with Gasteiger partial charge in [0.25, 0.3) is 0 Å². The molecule has 0 aliphatic carbocycles. The molecule has 1 aromatic rings. The first kappa shape index (κ1) is 13.3. The van der Waals surface area contributed by atoms with E-state index in [9.17, 15) is 9.59 Å². The van der Waals surface area contributed by atoms with Gasteiger partial charge in [-0.3, -0.25) is 14.3 Å². The SMILES string of the molecule is CC(=O)N1CCc2cn(C3CCC(CO)O3)c(=O)nc21. The zero-order chi connectivity index (χ0) is 14.3. The second kappa shape index (κ2) is 4.99. The van der Waals surface area contributed by atoms with Gasteiger partial charge in [0.05, 0.1) is 12.7 Å². The van der Waals surface area contributed by atoms with Crippen LogP contribution < -0.4 is 10.6 Å². The van der Waals surface area contributed by atoms with Crippen molar-refractivity contribution in [1.82, 2.24) is 9.55 Å². The minimum Gasteiger partial charge on any atom is -0.394 e. The molecule has 1 amide bonds. The van der Waals surface area contributed by atoms with Crippen molar-refractivity contribution < 1.29 is 14.6 Å². The second-order valence-corrected chi connectivity index (χ2v) is 5.17. The molecule has 0 radical (unpaired) electrons. The van der Waals surface area contributed by atoms with Crippen molar-refractivity contribution in [3.63, 3.8) is 0 Å². The predicted octanol–water partition coefficient (Wildman–Crippen LogP) is -0.178. The van der Waals surface area contributed by atoms with Crippen molar-refractivity contribution in [2.75, 3.05) is 18.1 Å². The lowest BCUT2D eigenvalue weighted by molar-refractivity contribution is -0.116. The summed E-state index contributed by atoms with van der Waals surface area (Å²) in [4.78, 5) is 29.1. The number of amides is 1. The average Bonchev–Trinajstić information content (AvgIpc) is 3.03. The Morgan fingerprint density at radius 3 is 3.00 bits per heavy atom. The maximum Gasteiger partial charge on any atom is 0.351 e. The minimum atomic E-state index is -0.416. The lowest BCUT2D eigenvalue weighted by Gasteiger charge is -2.17. The zero-order valence-electron chi connectivity index (χ0n) is 11.3. The first-order chi connectivity index (χ1) is 9.60. The largest absolute Gasteiger partial charge is 0.394 e. The number of carbonyl (C=O) groups excluding carboxylic acids is 1. The number of aliphatic hydroxyl groups is 1. The maximum absolute atomic E-state index is 12.1. The summed E-state index contributed by atoms with van der Waals surface area (Å²) in [6.07, 6.45) is 3.25. The van der Waals surface area contributed by atoms with E-state index >= 15 is 0 Å². The number of fused-ring (bicyclic) bond motifs is 1. The van der Waals surface area contributed by atoms with Crippen LogP contribution in [0.4, 0.5) is 5.82 Å². The van der Waals surface area contributed by atoms with Gasteiger partial charge in [0.2, 0.25) is 5.91 Å². The Morgan fingerprint density at radius 2 is 2.35 bits per heavy atom. The van der Waals surface area contributed by atoms with Crippen LogP contribution >= 0.6 is 0 Å². The summed E-state index contributed by atoms with van der Waals surface area (Å²) in [6.45, 7) is 1.99. The Bertz CT molecular complexity index is 598. The monoisotopic (exact) mass is 279 g/mol. The van der Waals surface area contributed by atoms with E-state index in [1.54, 1.807) is 6.20 Å². The van der Waals surface area contributed by atoms with E-state index < -0.39 is 5.69 Å². The van der Waals surface area contributed by atoms with E-state index in [0.717, 1.165) is 12.0 Å². The molecule has 7 nitrogen and oxygen atoms in total. The summed E-state index contributed by atoms with van der Waals surface area (Å²) in [6, 6.07) is 0. The lowest BCUT2D eigenvalue weighted by atomic mass is 10.2. The van der Waals surface area contributed by atoms with Crippen LogP contribution in [0.1, 0.15) is 31.6 Å². The number of aromatic nitrogens is 2. The average molecular weight is 279 g/mol. The third-order valence-corrected chi connectivity index (χ3v) is 3.84. The van der Waals surface area contributed by atoms with Crippen molar-refractivity contribution in [2.24, 2.45) is 0 Å². The van der Waals surface area contributed by atoms with Gasteiger partial charge in [-0.2, -0.15) is 4.98 Å². The number of aliphatic hydroxyl groups excluding tert-OH is 1. The van der Waals surface area contributed by atoms with Gasteiger partial charge >= 0.3 is 5.69 Å². The number of anilines is 1. The molecule has 108 valence electrons. The van der Waals surface area contributed by atoms with Crippen LogP contribution in [0.2, 0.25) is 0 Å². The molecule has 1 fully saturated rings. The van der Waals surface area contributed by atoms with Gasteiger partial charge in [0.15, 0.2) is 0 Å². The fraction of sp³-hybridized carbons (Fsp3) is 0.615. The molecule has 2 atom stereocenters. The zero-order valence-corrected chi connectivity index (χ0v) is 11.3. The normalized spacial score (nSPS) is 25.0. The Kier molecular flexibility index (Phi) is 3.31. The fourth-order valence-electron chi connectivity index (χ4n) is 2.79. The van der Waals surface area contributed by atoms with Crippen molar-refractivity contribution in [3.8, 4) is 0 Å². The Labute approximate surface area is 115 Å². The smallest absolute Gasteiger partial charge is 0.351 e. The highest BCUT2D eigenvalue weighted by molar-refractivity contribution is 5.92. The molecule has 0 aromatic carbocycles. The quantitative estimate of drug-likeness (QED) is 0.812. The molecule has 2 aliphatic heterocycles. The van der Waals surface area contributed by atoms with E-state index in [-0.39, 0.29) is 24.8 Å². The van der Waals surface area contributed by atoms with E-state index in [2.05, 4.69) is 4.98 Å². The van der Waals surface area contributed by atoms with Crippen molar-refractivity contribution in [1.29, 1.82) is 0 Å². The van der Waals surface area contributed by atoms with Gasteiger partial charge < -0.3 is 9.84 Å². The molecule has 0 bridgehead atoms. The minimum absolute atomic E-state index is 0.0399. The highest BCUT2D eigenvalue weighted by atomic mass is 16.5. The summed E-state index contributed by atoms with van der Waals surface area (Å²) in [5.41, 5.74) is 0.469. The number of rotatable bonds is 2. The molecule has 1 N–H and O–H groups in total. The number of carbonyl (C=O) groups is 1. The fourth-order valence-corrected chi connectivity index (χ4v) is 2.79. The first-order valence-corrected chi connectivity index (χ1v) is 6.76. The van der Waals surface area contributed by atoms with Crippen molar-refractivity contribution in [3.05, 3.63) is 22.2 Å². The summed E-state index contributed by atoms with van der Waals surface area (Å²) in [5.74, 6) is 0.362. The standard InChI is InChI=1S/C13H17N3O4/c1-8(18)15-5-4-9-6-16(13(19)14-12(9)15)11-3-2-10(7-17)20-11/h6,10-11,17H,2-5,7H2,1H3. The molecular weight excluding hydrogens is 262 g/mol. The number of hydrogen-bond donors (Lipinski definition) is 1. The molecular formula is C13H17N3O4. The maximum atomic E-state index is 12.1. The molecule has 1 saturated heterocycles. The number of ether oxygens (including phenoxy) is 1. The van der Waals surface area contributed by atoms with E-state index in [1.165, 1.54) is 16.4 Å². The van der Waals surface area contributed by atoms with Gasteiger partial charge in [0, 0.05) is 25.2 Å². The Morgan fingerprint density at radius 1 is 1.55 bits per heavy atom. The number of hydrogen-bond acceptors (Lipinski definition) is 5. The van der Waals surface area contributed by atoms with Crippen LogP contribution in [0.3, 0.4) is 0 Å². The first-order valence-electron chi connectivity index (χ1n) is 6.76. The van der Waals surface area contributed by atoms with Crippen LogP contribution in [0.25, 0.3) is 0 Å². The van der Waals surface area contributed by atoms with Crippen LogP contribution in [0.15, 0.2) is 11.0 Å². The second-order valence-electron chi connectivity index (χ2n) is 5.17. The van der Waals surface area contributed by atoms with Gasteiger partial charge in [-0.25, -0.2) is 4.79 Å². The van der Waals surface area contributed by atoms with Gasteiger partial charge in [-0.1, -0.05) is 0 Å². The third-order valence-electron chi connectivity index (χ3n) is 3.84. The highest BCUT2D eigenvalue weighted by Gasteiger charge is 2.30. The summed E-state index contributed by atoms with van der Waals surface area (Å²) < 4.78 is 7.07. The molecule has 0 spiro atoms. The summed E-state index contributed by atoms with van der Waals surface area (Å²) in [5, 5.41) is 9.08. The molecule has 7 heteroatoms. The van der Waals surface area contributed by atoms with Crippen LogP contribution in [0.5, 0.6) is 0 Å². The lowest BCUT2D eigenvalue weighted by Crippen LogP contribution is -2.31. The van der Waals surface area contributed by atoms with E-state index in [4.69, 9.17) is 9.84 Å². The molecule has 2 unspecified atom stereocenters. The molecule has 1 aromatic heterocycles. The molecule has 2 aliphatic rings. The van der Waals surface area contributed by atoms with Crippen molar-refractivity contribution in [2.45, 2.75) is 38.5 Å². The van der Waals surface area contributed by atoms with Crippen LogP contribution in [-0.2, 0) is 16.0 Å². The van der Waals surface area contributed by atoms with Gasteiger partial charge in [-0.15, -0.1) is 0 Å². The highest BCUT2D eigenvalue weighted by Crippen LogP contribution is 2.29. The van der Waals surface area contributed by atoms with Crippen LogP contribution in [0, 0.1) is 0 Å². The molecule has 3 rings (SSSR count). The van der Waals surface area contributed by atoms with Gasteiger partial charge in [-0.05, 0) is 19.3 Å². The van der Waals surface area contributed by atoms with Crippen LogP contribution in [-0.4, -0.2) is 39.8 Å².